The zero-order valence-corrected chi connectivity index (χ0v) is 32.3. The van der Waals surface area contributed by atoms with E-state index >= 15 is 0 Å². The van der Waals surface area contributed by atoms with Crippen molar-refractivity contribution in [2.75, 3.05) is 20.8 Å². The van der Waals surface area contributed by atoms with E-state index in [-0.39, 0.29) is 39.1 Å². The van der Waals surface area contributed by atoms with Gasteiger partial charge < -0.3 is 44.7 Å². The molecule has 56 heavy (non-hydrogen) atoms. The molecule has 298 valence electrons. The highest BCUT2D eigenvalue weighted by molar-refractivity contribution is 5.73. The van der Waals surface area contributed by atoms with Crippen LogP contribution in [0.15, 0.2) is 61.7 Å². The van der Waals surface area contributed by atoms with Crippen molar-refractivity contribution in [3.63, 3.8) is 0 Å². The second kappa shape index (κ2) is 20.8. The number of aliphatic hydroxyl groups excluding tert-OH is 2. The summed E-state index contributed by atoms with van der Waals surface area (Å²) in [6, 6.07) is 15.9. The van der Waals surface area contributed by atoms with Crippen LogP contribution in [-0.2, 0) is 35.8 Å². The van der Waals surface area contributed by atoms with Crippen LogP contribution in [0.2, 0.25) is 0 Å². The Morgan fingerprint density at radius 3 is 1.70 bits per heavy atom. The van der Waals surface area contributed by atoms with Gasteiger partial charge >= 0.3 is 11.9 Å². The highest BCUT2D eigenvalue weighted by Crippen LogP contribution is 2.33. The van der Waals surface area contributed by atoms with Crippen LogP contribution in [-0.4, -0.2) is 75.3 Å². The van der Waals surface area contributed by atoms with Gasteiger partial charge in [-0.1, -0.05) is 61.7 Å². The van der Waals surface area contributed by atoms with Gasteiger partial charge in [-0.05, 0) is 78.6 Å². The number of nitrogens with zero attached hydrogens (tertiary/aromatic N) is 2. The Balaban J connectivity index is 1.48. The largest absolute Gasteiger partial charge is 0.481 e. The van der Waals surface area contributed by atoms with Gasteiger partial charge in [0.1, 0.15) is 13.2 Å². The first kappa shape index (κ1) is 43.0. The fourth-order valence-corrected chi connectivity index (χ4v) is 6.30. The number of aryl methyl sites for hydroxylation is 1. The molecule has 2 aromatic carbocycles. The molecular weight excluding hydrogens is 718 g/mol. The molecule has 4 aromatic rings. The van der Waals surface area contributed by atoms with E-state index in [0.29, 0.717) is 59.5 Å². The molecule has 0 unspecified atom stereocenters. The van der Waals surface area contributed by atoms with Gasteiger partial charge in [0.25, 0.3) is 0 Å². The van der Waals surface area contributed by atoms with Gasteiger partial charge in [-0.25, -0.2) is 0 Å². The molecule has 2 atom stereocenters. The summed E-state index contributed by atoms with van der Waals surface area (Å²) >= 11 is 0. The molecule has 0 aliphatic rings. The number of aromatic nitrogens is 2. The zero-order chi connectivity index (χ0) is 40.8. The lowest BCUT2D eigenvalue weighted by molar-refractivity contribution is -0.140. The Kier molecular flexibility index (Phi) is 16.0. The number of methoxy groups -OCH3 is 2. The van der Waals surface area contributed by atoms with Crippen LogP contribution in [0.5, 0.6) is 23.5 Å². The summed E-state index contributed by atoms with van der Waals surface area (Å²) < 4.78 is 23.6. The number of nitrogens with one attached hydrogen (secondary N) is 1. The monoisotopic (exact) mass is 769 g/mol. The predicted octanol–water partition coefficient (Wildman–Crippen LogP) is 6.31. The summed E-state index contributed by atoms with van der Waals surface area (Å²) in [4.78, 5) is 31.0. The lowest BCUT2D eigenvalue weighted by atomic mass is 9.92. The van der Waals surface area contributed by atoms with E-state index in [4.69, 9.17) is 29.2 Å². The Labute approximate surface area is 327 Å². The van der Waals surface area contributed by atoms with Gasteiger partial charge in [-0.3, -0.25) is 9.59 Å². The maximum Gasteiger partial charge on any atom is 0.306 e. The first-order valence-corrected chi connectivity index (χ1v) is 18.2. The predicted molar refractivity (Wildman–Crippen MR) is 213 cm³/mol. The van der Waals surface area contributed by atoms with Crippen LogP contribution in [0.25, 0.3) is 23.3 Å². The van der Waals surface area contributed by atoms with Crippen molar-refractivity contribution < 1.29 is 49.0 Å². The van der Waals surface area contributed by atoms with Crippen molar-refractivity contribution in [1.29, 1.82) is 0 Å². The van der Waals surface area contributed by atoms with Gasteiger partial charge in [0.15, 0.2) is 0 Å². The Bertz CT molecular complexity index is 1870. The molecule has 0 radical (unpaired) electrons. The smallest absolute Gasteiger partial charge is 0.306 e. The molecule has 0 saturated carbocycles. The summed E-state index contributed by atoms with van der Waals surface area (Å²) in [7, 11) is 3.03. The average Bonchev–Trinajstić information content (AvgIpc) is 3.16. The highest BCUT2D eigenvalue weighted by atomic mass is 16.5. The number of aliphatic hydroxyl groups is 2. The van der Waals surface area contributed by atoms with Gasteiger partial charge in [-0.2, -0.15) is 9.97 Å². The molecule has 0 amide bonds. The molecule has 2 heterocycles. The third-order valence-electron chi connectivity index (χ3n) is 9.35. The minimum absolute atomic E-state index is 0.0904. The van der Waals surface area contributed by atoms with E-state index in [1.165, 1.54) is 14.2 Å². The third kappa shape index (κ3) is 11.6. The van der Waals surface area contributed by atoms with E-state index in [9.17, 15) is 19.8 Å². The standard InChI is InChI=1S/C43H51N3O10/c1-7-28-18-30(12-9-15-34(47)20-38(49)50)40(53-5)45-42(28)55-24-31-13-10-16-36(26(31)3)37-17-11-14-32(27(37)4)25-56-43-29(8-2)19-33(41(46-43)54-6)22-44-23-35(48)21-39(51)52/h7-8,10-11,13-14,16-19,34-35,44,47-48H,1-2,9,12,15,20-25H2,3-6H3,(H,49,50)(H,51,52)/t34-,35+/m1/s1. The molecular formula is C43H51N3O10. The normalized spacial score (nSPS) is 12.0. The summed E-state index contributed by atoms with van der Waals surface area (Å²) in [5.74, 6) is -0.666. The van der Waals surface area contributed by atoms with E-state index in [1.807, 2.05) is 43.3 Å². The lowest BCUT2D eigenvalue weighted by Gasteiger charge is -2.18. The van der Waals surface area contributed by atoms with Crippen molar-refractivity contribution in [2.45, 2.75) is 77.9 Å². The second-order valence-electron chi connectivity index (χ2n) is 13.3. The Morgan fingerprint density at radius 1 is 0.732 bits per heavy atom. The number of aliphatic carboxylic acids is 2. The molecule has 13 heteroatoms. The quantitative estimate of drug-likeness (QED) is 0.0565. The number of carbonyl (C=O) groups is 2. The highest BCUT2D eigenvalue weighted by Gasteiger charge is 2.18. The molecule has 0 spiro atoms. The number of hydrogen-bond acceptors (Lipinski definition) is 11. The van der Waals surface area contributed by atoms with Crippen molar-refractivity contribution >= 4 is 24.1 Å². The molecule has 0 saturated heterocycles. The number of carboxylic acids is 2. The number of hydrogen-bond donors (Lipinski definition) is 5. The van der Waals surface area contributed by atoms with Gasteiger partial charge in [0, 0.05) is 35.3 Å². The molecule has 0 aliphatic carbocycles. The topological polar surface area (TPSA) is 190 Å². The first-order chi connectivity index (χ1) is 26.9. The molecule has 4 rings (SSSR count). The van der Waals surface area contributed by atoms with E-state index in [1.54, 1.807) is 12.2 Å². The number of rotatable bonds is 23. The van der Waals surface area contributed by atoms with Crippen LogP contribution in [0.3, 0.4) is 0 Å². The van der Waals surface area contributed by atoms with Crippen molar-refractivity contribution in [1.82, 2.24) is 15.3 Å². The zero-order valence-electron chi connectivity index (χ0n) is 32.3. The molecule has 5 N–H and O–H groups in total. The van der Waals surface area contributed by atoms with Gasteiger partial charge in [0.2, 0.25) is 23.5 Å². The van der Waals surface area contributed by atoms with Crippen LogP contribution in [0.4, 0.5) is 0 Å². The van der Waals surface area contributed by atoms with Crippen LogP contribution in [0, 0.1) is 13.8 Å². The fourth-order valence-electron chi connectivity index (χ4n) is 6.30. The number of carboxylic acid groups (broad SMARTS) is 2. The number of benzene rings is 2. The Hall–Kier alpha value is -5.76. The minimum atomic E-state index is -1.07. The number of pyridine rings is 2. The summed E-state index contributed by atoms with van der Waals surface area (Å²) in [6.07, 6.45) is 2.14. The molecule has 0 aliphatic heterocycles. The van der Waals surface area contributed by atoms with Crippen LogP contribution in [0.1, 0.15) is 70.2 Å². The minimum Gasteiger partial charge on any atom is -0.481 e. The molecule has 0 fully saturated rings. The van der Waals surface area contributed by atoms with Crippen LogP contribution < -0.4 is 24.3 Å². The third-order valence-corrected chi connectivity index (χ3v) is 9.35. The molecule has 13 nitrogen and oxygen atoms in total. The summed E-state index contributed by atoms with van der Waals surface area (Å²) in [5.41, 5.74) is 8.93. The molecule has 2 aromatic heterocycles. The lowest BCUT2D eigenvalue weighted by Crippen LogP contribution is -2.28. The number of ether oxygens (including phenoxy) is 4. The summed E-state index contributed by atoms with van der Waals surface area (Å²) in [5, 5.41) is 40.7. The van der Waals surface area contributed by atoms with Crippen molar-refractivity contribution in [3.05, 3.63) is 106 Å². The SMILES string of the molecule is C=Cc1cc(CCC[C@@H](O)CC(=O)O)c(OC)nc1OCc1cccc(-c2cccc(COc3nc(OC)c(CNC[C@@H](O)CC(=O)O)cc3C=C)c2C)c1C. The average molecular weight is 770 g/mol. The van der Waals surface area contributed by atoms with Crippen molar-refractivity contribution in [2.24, 2.45) is 0 Å². The first-order valence-electron chi connectivity index (χ1n) is 18.2. The van der Waals surface area contributed by atoms with E-state index in [0.717, 1.165) is 38.9 Å². The maximum absolute atomic E-state index is 10.9. The molecule has 0 bridgehead atoms. The summed E-state index contributed by atoms with van der Waals surface area (Å²) in [6.45, 7) is 12.8. The fraction of sp³-hybridized carbons (Fsp3) is 0.349. The Morgan fingerprint density at radius 2 is 1.21 bits per heavy atom. The van der Waals surface area contributed by atoms with Gasteiger partial charge in [0.05, 0.1) is 39.3 Å². The van der Waals surface area contributed by atoms with Gasteiger partial charge in [-0.15, -0.1) is 0 Å². The van der Waals surface area contributed by atoms with E-state index in [2.05, 4.69) is 47.5 Å². The van der Waals surface area contributed by atoms with Crippen LogP contribution >= 0.6 is 0 Å². The second-order valence-corrected chi connectivity index (χ2v) is 13.3. The maximum atomic E-state index is 10.9. The van der Waals surface area contributed by atoms with Crippen molar-refractivity contribution in [3.8, 4) is 34.6 Å². The van der Waals surface area contributed by atoms with E-state index < -0.39 is 24.1 Å².